The van der Waals surface area contributed by atoms with Crippen molar-refractivity contribution in [1.82, 2.24) is 15.1 Å². The molecule has 1 unspecified atom stereocenters. The van der Waals surface area contributed by atoms with E-state index in [2.05, 4.69) is 23.4 Å². The van der Waals surface area contributed by atoms with Crippen molar-refractivity contribution in [3.63, 3.8) is 0 Å². The monoisotopic (exact) mass is 365 g/mol. The van der Waals surface area contributed by atoms with Crippen molar-refractivity contribution >= 4 is 29.2 Å². The average molecular weight is 366 g/mol. The van der Waals surface area contributed by atoms with Crippen LogP contribution in [0.1, 0.15) is 38.8 Å². The van der Waals surface area contributed by atoms with Gasteiger partial charge in [-0.1, -0.05) is 0 Å². The molecule has 1 amide bonds. The summed E-state index contributed by atoms with van der Waals surface area (Å²) < 4.78 is 6.83. The molecule has 2 aromatic rings. The molecule has 0 aromatic carbocycles. The van der Waals surface area contributed by atoms with Crippen molar-refractivity contribution in [3.05, 3.63) is 23.4 Å². The molecule has 130 valence electrons. The van der Waals surface area contributed by atoms with E-state index in [4.69, 9.17) is 4.74 Å². The first-order valence-electron chi connectivity index (χ1n) is 7.98. The van der Waals surface area contributed by atoms with Crippen LogP contribution in [0.3, 0.4) is 0 Å². The second kappa shape index (κ2) is 6.44. The topological polar surface area (TPSA) is 58.2 Å². The molecular weight excluding hydrogens is 342 g/mol. The number of carbonyl (C=O) groups is 1. The average Bonchev–Trinajstić information content (AvgIpc) is 3.11. The predicted octanol–water partition coefficient (Wildman–Crippen LogP) is 4.54. The quantitative estimate of drug-likeness (QED) is 0.794. The summed E-state index contributed by atoms with van der Waals surface area (Å²) in [4.78, 5) is 15.6. The molecule has 2 aromatic heterocycles. The molecule has 1 atom stereocenters. The van der Waals surface area contributed by atoms with Gasteiger partial charge < -0.3 is 9.64 Å². The summed E-state index contributed by atoms with van der Waals surface area (Å²) in [7, 11) is 0. The van der Waals surface area contributed by atoms with Gasteiger partial charge in [0.1, 0.15) is 11.3 Å². The first-order chi connectivity index (χ1) is 11.3. The van der Waals surface area contributed by atoms with Gasteiger partial charge in [-0.2, -0.15) is 5.10 Å². The molecule has 0 spiro atoms. The van der Waals surface area contributed by atoms with E-state index >= 15 is 0 Å². The Morgan fingerprint density at radius 1 is 1.46 bits per heavy atom. The largest absolute Gasteiger partial charge is 0.444 e. The molecule has 5 nitrogen and oxygen atoms in total. The summed E-state index contributed by atoms with van der Waals surface area (Å²) in [5, 5.41) is 7.23. The molecule has 24 heavy (non-hydrogen) atoms. The molecule has 3 rings (SSSR count). The number of fused-ring (bicyclic) bond motifs is 1. The third-order valence-corrected chi connectivity index (χ3v) is 6.45. The van der Waals surface area contributed by atoms with Crippen LogP contribution in [0, 0.1) is 0 Å². The number of carbonyl (C=O) groups excluding carboxylic acids is 1. The maximum atomic E-state index is 12.6. The number of nitrogens with one attached hydrogen (secondary N) is 1. The number of aromatic amines is 1. The molecule has 0 saturated carbocycles. The van der Waals surface area contributed by atoms with Gasteiger partial charge in [0.15, 0.2) is 0 Å². The van der Waals surface area contributed by atoms with Crippen molar-refractivity contribution < 1.29 is 9.53 Å². The fourth-order valence-corrected chi connectivity index (χ4v) is 4.97. The lowest BCUT2D eigenvalue weighted by Crippen LogP contribution is -2.45. The van der Waals surface area contributed by atoms with Gasteiger partial charge in [0, 0.05) is 17.8 Å². The number of thioether (sulfide) groups is 1. The Kier molecular flexibility index (Phi) is 4.66. The standard InChI is InChI=1S/C17H23N3O2S2/c1-10-8-11-12(9-20(10)16(21)22-17(2,3)4)15(23-5)24-14(11)13-6-7-18-19-13/h6-7,10H,8-9H2,1-5H3,(H,18,19). The molecule has 1 N–H and O–H groups in total. The van der Waals surface area contributed by atoms with E-state index in [0.717, 1.165) is 12.1 Å². The van der Waals surface area contributed by atoms with E-state index in [1.165, 1.54) is 20.2 Å². The Morgan fingerprint density at radius 2 is 2.21 bits per heavy atom. The second-order valence-electron chi connectivity index (χ2n) is 7.00. The number of hydrogen-bond donors (Lipinski definition) is 1. The minimum absolute atomic E-state index is 0.106. The molecule has 0 fully saturated rings. The summed E-state index contributed by atoms with van der Waals surface area (Å²) in [6, 6.07) is 2.11. The van der Waals surface area contributed by atoms with Gasteiger partial charge in [-0.15, -0.1) is 23.1 Å². The van der Waals surface area contributed by atoms with Gasteiger partial charge in [-0.05, 0) is 52.0 Å². The number of thiophene rings is 1. The van der Waals surface area contributed by atoms with Crippen LogP contribution in [0.25, 0.3) is 10.6 Å². The molecule has 1 aliphatic heterocycles. The van der Waals surface area contributed by atoms with Crippen LogP contribution < -0.4 is 0 Å². The maximum Gasteiger partial charge on any atom is 0.410 e. The van der Waals surface area contributed by atoms with Crippen molar-refractivity contribution in [2.75, 3.05) is 6.26 Å². The van der Waals surface area contributed by atoms with Crippen molar-refractivity contribution in [2.24, 2.45) is 0 Å². The number of amides is 1. The lowest BCUT2D eigenvalue weighted by atomic mass is 9.96. The minimum atomic E-state index is -0.478. The van der Waals surface area contributed by atoms with Crippen LogP contribution in [-0.4, -0.2) is 39.1 Å². The smallest absolute Gasteiger partial charge is 0.410 e. The van der Waals surface area contributed by atoms with Crippen LogP contribution in [0.2, 0.25) is 0 Å². The molecule has 1 aliphatic rings. The zero-order valence-electron chi connectivity index (χ0n) is 14.7. The van der Waals surface area contributed by atoms with Gasteiger partial charge in [0.05, 0.1) is 15.6 Å². The number of H-pyrrole nitrogens is 1. The first kappa shape index (κ1) is 17.4. The molecule has 3 heterocycles. The second-order valence-corrected chi connectivity index (χ2v) is 9.10. The van der Waals surface area contributed by atoms with E-state index in [-0.39, 0.29) is 12.1 Å². The SMILES string of the molecule is CSc1sc(-c2cc[nH]n2)c2c1CN(C(=O)OC(C)(C)C)C(C)C2. The van der Waals surface area contributed by atoms with Gasteiger partial charge in [0.2, 0.25) is 0 Å². The Hall–Kier alpha value is -1.47. The minimum Gasteiger partial charge on any atom is -0.444 e. The van der Waals surface area contributed by atoms with E-state index in [0.29, 0.717) is 6.54 Å². The van der Waals surface area contributed by atoms with Crippen molar-refractivity contribution in [1.29, 1.82) is 0 Å². The lowest BCUT2D eigenvalue weighted by Gasteiger charge is -2.35. The summed E-state index contributed by atoms with van der Waals surface area (Å²) in [6.07, 6.45) is 4.52. The summed E-state index contributed by atoms with van der Waals surface area (Å²) in [5.74, 6) is 0. The van der Waals surface area contributed by atoms with Gasteiger partial charge in [-0.3, -0.25) is 5.10 Å². The Balaban J connectivity index is 1.94. The Labute approximate surface area is 150 Å². The summed E-state index contributed by atoms with van der Waals surface area (Å²) in [6.45, 7) is 8.38. The number of rotatable bonds is 2. The van der Waals surface area contributed by atoms with Crippen molar-refractivity contribution in [3.8, 4) is 10.6 Å². The first-order valence-corrected chi connectivity index (χ1v) is 10.0. The fraction of sp³-hybridized carbons (Fsp3) is 0.529. The van der Waals surface area contributed by atoms with Crippen LogP contribution in [0.15, 0.2) is 16.5 Å². The van der Waals surface area contributed by atoms with Crippen LogP contribution in [0.4, 0.5) is 4.79 Å². The molecule has 0 saturated heterocycles. The molecule has 0 bridgehead atoms. The van der Waals surface area contributed by atoms with E-state index in [9.17, 15) is 4.79 Å². The van der Waals surface area contributed by atoms with Gasteiger partial charge >= 0.3 is 6.09 Å². The third kappa shape index (κ3) is 3.32. The number of nitrogens with zero attached hydrogens (tertiary/aromatic N) is 2. The molecule has 0 radical (unpaired) electrons. The molecule has 0 aliphatic carbocycles. The number of aromatic nitrogens is 2. The van der Waals surface area contributed by atoms with Crippen molar-refractivity contribution in [2.45, 2.75) is 56.5 Å². The van der Waals surface area contributed by atoms with E-state index in [1.54, 1.807) is 23.1 Å². The highest BCUT2D eigenvalue weighted by atomic mass is 32.2. The summed E-state index contributed by atoms with van der Waals surface area (Å²) >= 11 is 3.50. The van der Waals surface area contributed by atoms with Crippen LogP contribution >= 0.6 is 23.1 Å². The Morgan fingerprint density at radius 3 is 2.79 bits per heavy atom. The highest BCUT2D eigenvalue weighted by Gasteiger charge is 2.34. The predicted molar refractivity (Wildman–Crippen MR) is 98.6 cm³/mol. The maximum absolute atomic E-state index is 12.6. The zero-order valence-corrected chi connectivity index (χ0v) is 16.3. The highest BCUT2D eigenvalue weighted by molar-refractivity contribution is 8.00. The van der Waals surface area contributed by atoms with E-state index < -0.39 is 5.60 Å². The molecular formula is C17H23N3O2S2. The Bertz CT molecular complexity index is 732. The summed E-state index contributed by atoms with van der Waals surface area (Å²) in [5.41, 5.74) is 3.07. The lowest BCUT2D eigenvalue weighted by molar-refractivity contribution is 0.0137. The highest BCUT2D eigenvalue weighted by Crippen LogP contribution is 2.44. The normalized spacial score (nSPS) is 17.7. The number of ether oxygens (including phenoxy) is 1. The fourth-order valence-electron chi connectivity index (χ4n) is 2.91. The van der Waals surface area contributed by atoms with E-state index in [1.807, 2.05) is 37.9 Å². The van der Waals surface area contributed by atoms with Crippen LogP contribution in [0.5, 0.6) is 0 Å². The van der Waals surface area contributed by atoms with Gasteiger partial charge in [-0.25, -0.2) is 4.79 Å². The van der Waals surface area contributed by atoms with Crippen LogP contribution in [-0.2, 0) is 17.7 Å². The van der Waals surface area contributed by atoms with Gasteiger partial charge in [0.25, 0.3) is 0 Å². The number of hydrogen-bond acceptors (Lipinski definition) is 5. The molecule has 7 heteroatoms. The third-order valence-electron chi connectivity index (χ3n) is 3.99. The zero-order chi connectivity index (χ0) is 17.5.